The molecule has 1 unspecified atom stereocenters. The minimum Gasteiger partial charge on any atom is -0.481 e. The van der Waals surface area contributed by atoms with E-state index >= 15 is 0 Å². The fourth-order valence-electron chi connectivity index (χ4n) is 2.51. The Labute approximate surface area is 125 Å². The van der Waals surface area contributed by atoms with Crippen molar-refractivity contribution < 1.29 is 14.7 Å². The number of hydrogen-bond acceptors (Lipinski definition) is 2. The molecule has 5 heteroatoms. The predicted molar refractivity (Wildman–Crippen MR) is 80.1 cm³/mol. The van der Waals surface area contributed by atoms with Crippen molar-refractivity contribution in [2.75, 3.05) is 20.1 Å². The first-order chi connectivity index (χ1) is 9.99. The van der Waals surface area contributed by atoms with E-state index in [0.717, 1.165) is 6.42 Å². The fourth-order valence-corrected chi connectivity index (χ4v) is 2.51. The minimum atomic E-state index is -0.888. The maximum Gasteiger partial charge on any atom is 0.317 e. The second kappa shape index (κ2) is 6.61. The molecule has 3 atom stereocenters. The van der Waals surface area contributed by atoms with Crippen LogP contribution in [0.3, 0.4) is 0 Å². The lowest BCUT2D eigenvalue weighted by Crippen LogP contribution is -2.41. The number of carbonyl (C=O) groups is 2. The number of hydrogen-bond donors (Lipinski definition) is 2. The molecule has 2 amide bonds. The zero-order valence-electron chi connectivity index (χ0n) is 12.5. The van der Waals surface area contributed by atoms with Crippen LogP contribution in [0.4, 0.5) is 4.79 Å². The van der Waals surface area contributed by atoms with Gasteiger partial charge < -0.3 is 15.3 Å². The average molecular weight is 290 g/mol. The lowest BCUT2D eigenvalue weighted by atomic mass is 10.1. The zero-order valence-corrected chi connectivity index (χ0v) is 12.5. The van der Waals surface area contributed by atoms with Crippen LogP contribution in [0, 0.1) is 11.8 Å². The van der Waals surface area contributed by atoms with E-state index in [1.54, 1.807) is 14.0 Å². The van der Waals surface area contributed by atoms with Crippen molar-refractivity contribution in [2.24, 2.45) is 11.8 Å². The summed E-state index contributed by atoms with van der Waals surface area (Å²) in [6, 6.07) is 10.1. The van der Waals surface area contributed by atoms with Gasteiger partial charge in [0.2, 0.25) is 0 Å². The van der Waals surface area contributed by atoms with Gasteiger partial charge in [-0.15, -0.1) is 0 Å². The number of amides is 2. The maximum absolute atomic E-state index is 11.9. The number of urea groups is 1. The lowest BCUT2D eigenvalue weighted by Gasteiger charge is -2.20. The number of carbonyl (C=O) groups excluding carboxylic acids is 1. The van der Waals surface area contributed by atoms with Crippen LogP contribution in [0.25, 0.3) is 0 Å². The molecule has 0 saturated heterocycles. The van der Waals surface area contributed by atoms with Gasteiger partial charge in [0.15, 0.2) is 0 Å². The van der Waals surface area contributed by atoms with Crippen molar-refractivity contribution in [3.63, 3.8) is 0 Å². The summed E-state index contributed by atoms with van der Waals surface area (Å²) in [6.07, 6.45) is 1.10. The highest BCUT2D eigenvalue weighted by atomic mass is 16.4. The van der Waals surface area contributed by atoms with Crippen molar-refractivity contribution in [1.82, 2.24) is 10.2 Å². The highest BCUT2D eigenvalue weighted by Gasteiger charge is 2.38. The van der Waals surface area contributed by atoms with Crippen LogP contribution in [0.2, 0.25) is 0 Å². The van der Waals surface area contributed by atoms with Crippen molar-refractivity contribution in [3.05, 3.63) is 35.9 Å². The quantitative estimate of drug-likeness (QED) is 0.843. The van der Waals surface area contributed by atoms with Crippen molar-refractivity contribution >= 4 is 12.0 Å². The Morgan fingerprint density at radius 2 is 2.05 bits per heavy atom. The first-order valence-electron chi connectivity index (χ1n) is 7.25. The van der Waals surface area contributed by atoms with Crippen LogP contribution in [0.15, 0.2) is 30.3 Å². The summed E-state index contributed by atoms with van der Waals surface area (Å²) < 4.78 is 0. The maximum atomic E-state index is 11.9. The molecule has 5 nitrogen and oxygen atoms in total. The molecular weight excluding hydrogens is 268 g/mol. The standard InChI is InChI=1S/C16H22N2O3/c1-11(15(19)20)10-18(2)16(21)17-9-13-8-14(13)12-6-4-3-5-7-12/h3-7,11,13-14H,8-10H2,1-2H3,(H,17,21)(H,19,20)/t11?,13-,14-/m0/s1. The van der Waals surface area contributed by atoms with E-state index in [2.05, 4.69) is 17.4 Å². The molecule has 114 valence electrons. The Hall–Kier alpha value is -2.04. The number of carboxylic acids is 1. The molecule has 0 heterocycles. The van der Waals surface area contributed by atoms with Gasteiger partial charge in [-0.3, -0.25) is 4.79 Å². The van der Waals surface area contributed by atoms with E-state index in [0.29, 0.717) is 18.4 Å². The number of nitrogens with zero attached hydrogens (tertiary/aromatic N) is 1. The predicted octanol–water partition coefficient (Wildman–Crippen LogP) is 2.15. The van der Waals surface area contributed by atoms with Crippen LogP contribution in [0.5, 0.6) is 0 Å². The van der Waals surface area contributed by atoms with Gasteiger partial charge in [-0.05, 0) is 23.8 Å². The Bertz CT molecular complexity index is 504. The monoisotopic (exact) mass is 290 g/mol. The average Bonchev–Trinajstić information content (AvgIpc) is 3.25. The molecule has 1 aliphatic carbocycles. The first-order valence-corrected chi connectivity index (χ1v) is 7.25. The SMILES string of the molecule is CC(CN(C)C(=O)NC[C@@H]1C[C@H]1c1ccccc1)C(=O)O. The fraction of sp³-hybridized carbons (Fsp3) is 0.500. The zero-order chi connectivity index (χ0) is 15.4. The van der Waals surface area contributed by atoms with E-state index in [1.165, 1.54) is 10.5 Å². The second-order valence-electron chi connectivity index (χ2n) is 5.82. The third-order valence-electron chi connectivity index (χ3n) is 3.98. The summed E-state index contributed by atoms with van der Waals surface area (Å²) in [7, 11) is 1.62. The van der Waals surface area contributed by atoms with Gasteiger partial charge in [0.25, 0.3) is 0 Å². The minimum absolute atomic E-state index is 0.207. The molecule has 2 rings (SSSR count). The summed E-state index contributed by atoms with van der Waals surface area (Å²) in [6.45, 7) is 2.45. The Morgan fingerprint density at radius 1 is 1.38 bits per heavy atom. The third-order valence-corrected chi connectivity index (χ3v) is 3.98. The molecule has 0 aromatic heterocycles. The molecule has 1 fully saturated rings. The van der Waals surface area contributed by atoms with Gasteiger partial charge in [-0.2, -0.15) is 0 Å². The molecule has 0 radical (unpaired) electrons. The smallest absolute Gasteiger partial charge is 0.317 e. The lowest BCUT2D eigenvalue weighted by molar-refractivity contribution is -0.141. The van der Waals surface area contributed by atoms with Crippen LogP contribution in [-0.2, 0) is 4.79 Å². The Morgan fingerprint density at radius 3 is 2.67 bits per heavy atom. The summed E-state index contributed by atoms with van der Waals surface area (Å²) in [5.41, 5.74) is 1.32. The van der Waals surface area contributed by atoms with E-state index < -0.39 is 11.9 Å². The molecule has 1 saturated carbocycles. The van der Waals surface area contributed by atoms with Crippen LogP contribution < -0.4 is 5.32 Å². The summed E-state index contributed by atoms with van der Waals surface area (Å²) >= 11 is 0. The number of benzene rings is 1. The topological polar surface area (TPSA) is 69.6 Å². The van der Waals surface area contributed by atoms with Gasteiger partial charge in [0, 0.05) is 20.1 Å². The Kier molecular flexibility index (Phi) is 4.83. The van der Waals surface area contributed by atoms with Crippen LogP contribution in [0.1, 0.15) is 24.8 Å². The molecule has 1 aromatic carbocycles. The number of aliphatic carboxylic acids is 1. The van der Waals surface area contributed by atoms with Crippen molar-refractivity contribution in [2.45, 2.75) is 19.3 Å². The summed E-state index contributed by atoms with van der Waals surface area (Å²) in [5.74, 6) is -0.420. The van der Waals surface area contributed by atoms with Crippen LogP contribution in [-0.4, -0.2) is 42.1 Å². The van der Waals surface area contributed by atoms with E-state index in [-0.39, 0.29) is 12.6 Å². The largest absolute Gasteiger partial charge is 0.481 e. The van der Waals surface area contributed by atoms with Crippen molar-refractivity contribution in [3.8, 4) is 0 Å². The van der Waals surface area contributed by atoms with E-state index in [9.17, 15) is 9.59 Å². The molecule has 1 aliphatic rings. The molecule has 2 N–H and O–H groups in total. The van der Waals surface area contributed by atoms with Gasteiger partial charge >= 0.3 is 12.0 Å². The highest BCUT2D eigenvalue weighted by molar-refractivity contribution is 5.75. The highest BCUT2D eigenvalue weighted by Crippen LogP contribution is 2.46. The third kappa shape index (κ3) is 4.21. The number of nitrogens with one attached hydrogen (secondary N) is 1. The summed E-state index contributed by atoms with van der Waals surface area (Å²) in [4.78, 5) is 24.1. The molecule has 0 spiro atoms. The first kappa shape index (κ1) is 15.4. The van der Waals surface area contributed by atoms with Gasteiger partial charge in [-0.25, -0.2) is 4.79 Å². The van der Waals surface area contributed by atoms with Crippen LogP contribution >= 0.6 is 0 Å². The van der Waals surface area contributed by atoms with Crippen molar-refractivity contribution in [1.29, 1.82) is 0 Å². The summed E-state index contributed by atoms with van der Waals surface area (Å²) in [5, 5.41) is 11.7. The molecular formula is C16H22N2O3. The normalized spacial score (nSPS) is 21.4. The second-order valence-corrected chi connectivity index (χ2v) is 5.82. The molecule has 21 heavy (non-hydrogen) atoms. The van der Waals surface area contributed by atoms with E-state index in [4.69, 9.17) is 5.11 Å². The molecule has 1 aromatic rings. The number of rotatable bonds is 6. The Balaban J connectivity index is 1.72. The van der Waals surface area contributed by atoms with Gasteiger partial charge in [0.1, 0.15) is 0 Å². The van der Waals surface area contributed by atoms with Gasteiger partial charge in [0.05, 0.1) is 5.92 Å². The number of carboxylic acid groups (broad SMARTS) is 1. The molecule has 0 aliphatic heterocycles. The van der Waals surface area contributed by atoms with E-state index in [1.807, 2.05) is 18.2 Å². The van der Waals surface area contributed by atoms with Gasteiger partial charge in [-0.1, -0.05) is 37.3 Å². The molecule has 0 bridgehead atoms.